The molecule has 0 aliphatic heterocycles. The molecule has 21 heavy (non-hydrogen) atoms. The van der Waals surface area contributed by atoms with Gasteiger partial charge >= 0.3 is 0 Å². The molecular weight excluding hydrogens is 289 g/mol. The number of nitrogens with one attached hydrogen (secondary N) is 1. The van der Waals surface area contributed by atoms with Gasteiger partial charge in [0.05, 0.1) is 5.75 Å². The highest BCUT2D eigenvalue weighted by Gasteiger charge is 2.06. The van der Waals surface area contributed by atoms with Crippen molar-refractivity contribution in [2.24, 2.45) is 0 Å². The van der Waals surface area contributed by atoms with Crippen LogP contribution in [0.1, 0.15) is 11.1 Å². The van der Waals surface area contributed by atoms with E-state index in [-0.39, 0.29) is 29.8 Å². The number of thioether (sulfide) groups is 1. The number of aromatic hydroxyl groups is 1. The summed E-state index contributed by atoms with van der Waals surface area (Å²) in [5, 5.41) is 12.3. The zero-order valence-electron chi connectivity index (χ0n) is 11.6. The maximum atomic E-state index is 13.4. The molecule has 3 nitrogen and oxygen atoms in total. The van der Waals surface area contributed by atoms with Gasteiger partial charge in [-0.05, 0) is 36.2 Å². The number of aryl methyl sites for hydroxylation is 1. The summed E-state index contributed by atoms with van der Waals surface area (Å²) in [6.07, 6.45) is 0. The summed E-state index contributed by atoms with van der Waals surface area (Å²) in [7, 11) is 0. The van der Waals surface area contributed by atoms with Crippen molar-refractivity contribution >= 4 is 17.7 Å². The van der Waals surface area contributed by atoms with Crippen molar-refractivity contribution in [1.29, 1.82) is 0 Å². The lowest BCUT2D eigenvalue weighted by Gasteiger charge is -2.07. The number of phenols is 1. The third-order valence-corrected chi connectivity index (χ3v) is 4.01. The first-order chi connectivity index (χ1) is 10.1. The van der Waals surface area contributed by atoms with Crippen LogP contribution in [0.3, 0.4) is 0 Å². The zero-order chi connectivity index (χ0) is 15.2. The van der Waals surface area contributed by atoms with Crippen molar-refractivity contribution in [3.8, 4) is 5.75 Å². The minimum absolute atomic E-state index is 0.163. The standard InChI is InChI=1S/C16H16FNO2S/c1-11-6-7-12(8-13(11)17)9-18-16(20)10-21-15-5-3-2-4-14(15)19/h2-8,19H,9-10H2,1H3,(H,18,20). The second-order valence-electron chi connectivity index (χ2n) is 4.62. The molecule has 0 fully saturated rings. The summed E-state index contributed by atoms with van der Waals surface area (Å²) in [5.74, 6) is -0.0724. The van der Waals surface area contributed by atoms with E-state index in [0.29, 0.717) is 10.5 Å². The van der Waals surface area contributed by atoms with Crippen LogP contribution in [-0.2, 0) is 11.3 Å². The van der Waals surface area contributed by atoms with Gasteiger partial charge in [-0.1, -0.05) is 24.3 Å². The van der Waals surface area contributed by atoms with Crippen LogP contribution >= 0.6 is 11.8 Å². The summed E-state index contributed by atoms with van der Waals surface area (Å²) in [4.78, 5) is 12.4. The van der Waals surface area contributed by atoms with Crippen LogP contribution < -0.4 is 5.32 Å². The van der Waals surface area contributed by atoms with E-state index in [2.05, 4.69) is 5.32 Å². The number of hydrogen-bond donors (Lipinski definition) is 2. The van der Waals surface area contributed by atoms with E-state index in [9.17, 15) is 14.3 Å². The highest BCUT2D eigenvalue weighted by Crippen LogP contribution is 2.27. The fraction of sp³-hybridized carbons (Fsp3) is 0.188. The van der Waals surface area contributed by atoms with Crippen LogP contribution in [0.25, 0.3) is 0 Å². The van der Waals surface area contributed by atoms with E-state index >= 15 is 0 Å². The van der Waals surface area contributed by atoms with E-state index in [1.54, 1.807) is 43.3 Å². The Bertz CT molecular complexity index is 646. The fourth-order valence-corrected chi connectivity index (χ4v) is 2.50. The van der Waals surface area contributed by atoms with Gasteiger partial charge in [-0.3, -0.25) is 4.79 Å². The molecule has 2 rings (SSSR count). The number of rotatable bonds is 5. The van der Waals surface area contributed by atoms with E-state index < -0.39 is 0 Å². The molecule has 5 heteroatoms. The topological polar surface area (TPSA) is 49.3 Å². The Kier molecular flexibility index (Phi) is 5.22. The zero-order valence-corrected chi connectivity index (χ0v) is 12.4. The lowest BCUT2D eigenvalue weighted by Crippen LogP contribution is -2.24. The van der Waals surface area contributed by atoms with Crippen molar-refractivity contribution in [1.82, 2.24) is 5.32 Å². The first kappa shape index (κ1) is 15.4. The van der Waals surface area contributed by atoms with E-state index in [4.69, 9.17) is 0 Å². The SMILES string of the molecule is Cc1ccc(CNC(=O)CSc2ccccc2O)cc1F. The van der Waals surface area contributed by atoms with Crippen LogP contribution in [0.4, 0.5) is 4.39 Å². The van der Waals surface area contributed by atoms with Crippen LogP contribution in [-0.4, -0.2) is 16.8 Å². The van der Waals surface area contributed by atoms with Gasteiger partial charge in [0, 0.05) is 11.4 Å². The van der Waals surface area contributed by atoms with Gasteiger partial charge in [0.25, 0.3) is 0 Å². The number of halogens is 1. The van der Waals surface area contributed by atoms with Crippen molar-refractivity contribution in [3.05, 3.63) is 59.4 Å². The van der Waals surface area contributed by atoms with Gasteiger partial charge in [-0.15, -0.1) is 11.8 Å². The smallest absolute Gasteiger partial charge is 0.230 e. The Balaban J connectivity index is 1.82. The predicted molar refractivity (Wildman–Crippen MR) is 81.8 cm³/mol. The fourth-order valence-electron chi connectivity index (χ4n) is 1.72. The van der Waals surface area contributed by atoms with Gasteiger partial charge in [0.1, 0.15) is 11.6 Å². The van der Waals surface area contributed by atoms with Gasteiger partial charge in [0.15, 0.2) is 0 Å². The molecule has 0 aliphatic rings. The Labute approximate surface area is 127 Å². The van der Waals surface area contributed by atoms with E-state index in [0.717, 1.165) is 5.56 Å². The van der Waals surface area contributed by atoms with Gasteiger partial charge < -0.3 is 10.4 Å². The first-order valence-corrected chi connectivity index (χ1v) is 7.47. The van der Waals surface area contributed by atoms with Crippen molar-refractivity contribution in [2.75, 3.05) is 5.75 Å². The molecule has 0 saturated carbocycles. The molecule has 0 aromatic heterocycles. The quantitative estimate of drug-likeness (QED) is 0.834. The second kappa shape index (κ2) is 7.13. The molecule has 0 saturated heterocycles. The first-order valence-electron chi connectivity index (χ1n) is 6.49. The Morgan fingerprint density at radius 2 is 2.05 bits per heavy atom. The molecule has 0 spiro atoms. The molecule has 2 aromatic carbocycles. The molecule has 0 atom stereocenters. The molecule has 0 radical (unpaired) electrons. The summed E-state index contributed by atoms with van der Waals surface area (Å²) in [6, 6.07) is 11.8. The highest BCUT2D eigenvalue weighted by molar-refractivity contribution is 8.00. The molecular formula is C16H16FNO2S. The van der Waals surface area contributed by atoms with Crippen LogP contribution in [0.15, 0.2) is 47.4 Å². The predicted octanol–water partition coefficient (Wildman–Crippen LogP) is 3.25. The third-order valence-electron chi connectivity index (χ3n) is 2.95. The average molecular weight is 305 g/mol. The van der Waals surface area contributed by atoms with E-state index in [1.807, 2.05) is 0 Å². The normalized spacial score (nSPS) is 10.4. The largest absolute Gasteiger partial charge is 0.507 e. The Morgan fingerprint density at radius 3 is 2.76 bits per heavy atom. The number of amides is 1. The Hall–Kier alpha value is -2.01. The summed E-state index contributed by atoms with van der Waals surface area (Å²) >= 11 is 1.26. The number of carbonyl (C=O) groups is 1. The summed E-state index contributed by atoms with van der Waals surface area (Å²) in [6.45, 7) is 1.98. The molecule has 2 N–H and O–H groups in total. The van der Waals surface area contributed by atoms with Crippen LogP contribution in [0.2, 0.25) is 0 Å². The third kappa shape index (κ3) is 4.49. The molecule has 0 bridgehead atoms. The highest BCUT2D eigenvalue weighted by atomic mass is 32.2. The van der Waals surface area contributed by atoms with Crippen molar-refractivity contribution in [3.63, 3.8) is 0 Å². The lowest BCUT2D eigenvalue weighted by atomic mass is 10.1. The van der Waals surface area contributed by atoms with Crippen molar-refractivity contribution in [2.45, 2.75) is 18.4 Å². The number of para-hydroxylation sites is 1. The van der Waals surface area contributed by atoms with Crippen molar-refractivity contribution < 1.29 is 14.3 Å². The maximum Gasteiger partial charge on any atom is 0.230 e. The summed E-state index contributed by atoms with van der Waals surface area (Å²) in [5.41, 5.74) is 1.30. The number of hydrogen-bond acceptors (Lipinski definition) is 3. The Morgan fingerprint density at radius 1 is 1.29 bits per heavy atom. The van der Waals surface area contributed by atoms with E-state index in [1.165, 1.54) is 17.8 Å². The minimum Gasteiger partial charge on any atom is -0.507 e. The molecule has 110 valence electrons. The van der Waals surface area contributed by atoms with Gasteiger partial charge in [0.2, 0.25) is 5.91 Å². The lowest BCUT2D eigenvalue weighted by molar-refractivity contribution is -0.118. The molecule has 0 aliphatic carbocycles. The molecule has 2 aromatic rings. The van der Waals surface area contributed by atoms with Crippen LogP contribution in [0, 0.1) is 12.7 Å². The average Bonchev–Trinajstić information content (AvgIpc) is 2.47. The molecule has 0 heterocycles. The monoisotopic (exact) mass is 305 g/mol. The second-order valence-corrected chi connectivity index (χ2v) is 5.63. The number of benzene rings is 2. The van der Waals surface area contributed by atoms with Gasteiger partial charge in [-0.2, -0.15) is 0 Å². The number of phenolic OH excluding ortho intramolecular Hbond substituents is 1. The van der Waals surface area contributed by atoms with Crippen LogP contribution in [0.5, 0.6) is 5.75 Å². The van der Waals surface area contributed by atoms with Gasteiger partial charge in [-0.25, -0.2) is 4.39 Å². The minimum atomic E-state index is -0.273. The summed E-state index contributed by atoms with van der Waals surface area (Å²) < 4.78 is 13.4. The number of carbonyl (C=O) groups excluding carboxylic acids is 1. The molecule has 1 amide bonds. The molecule has 0 unspecified atom stereocenters. The maximum absolute atomic E-state index is 13.4.